The summed E-state index contributed by atoms with van der Waals surface area (Å²) >= 11 is -3.21. The molecule has 28 heavy (non-hydrogen) atoms. The van der Waals surface area contributed by atoms with Gasteiger partial charge in [0, 0.05) is 0 Å². The van der Waals surface area contributed by atoms with Gasteiger partial charge in [0.2, 0.25) is 0 Å². The Kier molecular flexibility index (Phi) is 5.55. The average Bonchev–Trinajstić information content (AvgIpc) is 2.80. The Bertz CT molecular complexity index is 932. The molecular formula is C26H23AsO. The second kappa shape index (κ2) is 8.42. The number of ketones is 1. The van der Waals surface area contributed by atoms with Crippen LogP contribution in [0.5, 0.6) is 0 Å². The van der Waals surface area contributed by atoms with Crippen molar-refractivity contribution in [2.75, 3.05) is 0 Å². The van der Waals surface area contributed by atoms with E-state index in [0.717, 1.165) is 5.56 Å². The molecule has 4 rings (SSSR count). The van der Waals surface area contributed by atoms with Crippen molar-refractivity contribution in [2.45, 2.75) is 5.21 Å². The predicted octanol–water partition coefficient (Wildman–Crippen LogP) is 3.77. The van der Waals surface area contributed by atoms with Crippen LogP contribution in [-0.2, 0) is 0 Å². The van der Waals surface area contributed by atoms with Gasteiger partial charge in [-0.15, -0.1) is 0 Å². The van der Waals surface area contributed by atoms with E-state index in [2.05, 4.69) is 72.8 Å². The normalized spacial score (nSPS) is 11.7. The van der Waals surface area contributed by atoms with Crippen LogP contribution in [-0.4, -0.2) is 19.3 Å². The molecule has 0 aliphatic rings. The summed E-state index contributed by atoms with van der Waals surface area (Å²) in [5, 5.41) is 0.558. The molecule has 0 fully saturated rings. The number of hydrogen-bond acceptors (Lipinski definition) is 1. The Morgan fingerprint density at radius 1 is 0.500 bits per heavy atom. The van der Waals surface area contributed by atoms with Crippen molar-refractivity contribution in [3.8, 4) is 0 Å². The second-order valence-corrected chi connectivity index (χ2v) is 15.1. The molecule has 1 nitrogen and oxygen atoms in total. The fourth-order valence-electron chi connectivity index (χ4n) is 3.94. The molecule has 0 aliphatic carbocycles. The summed E-state index contributed by atoms with van der Waals surface area (Å²) in [7, 11) is 0. The Hall–Kier alpha value is -2.89. The minimum atomic E-state index is -3.21. The van der Waals surface area contributed by atoms with E-state index in [1.165, 1.54) is 13.1 Å². The van der Waals surface area contributed by atoms with E-state index in [-0.39, 0.29) is 5.78 Å². The van der Waals surface area contributed by atoms with Gasteiger partial charge in [-0.3, -0.25) is 0 Å². The number of hydrogen-bond donors (Lipinski definition) is 0. The molecule has 0 saturated carbocycles. The van der Waals surface area contributed by atoms with E-state index in [1.54, 1.807) is 0 Å². The molecule has 0 aliphatic heterocycles. The second-order valence-electron chi connectivity index (χ2n) is 6.97. The first kappa shape index (κ1) is 18.5. The molecule has 0 N–H and O–H groups in total. The Morgan fingerprint density at radius 3 is 1.18 bits per heavy atom. The summed E-state index contributed by atoms with van der Waals surface area (Å²) in [5.41, 5.74) is 0.792. The van der Waals surface area contributed by atoms with Gasteiger partial charge in [-0.05, 0) is 0 Å². The summed E-state index contributed by atoms with van der Waals surface area (Å²) < 4.78 is 3.93. The molecular weight excluding hydrogens is 403 g/mol. The third-order valence-corrected chi connectivity index (χ3v) is 15.4. The molecule has 0 radical (unpaired) electrons. The van der Waals surface area contributed by atoms with Crippen molar-refractivity contribution in [1.29, 1.82) is 0 Å². The molecule has 4 aromatic carbocycles. The van der Waals surface area contributed by atoms with Crippen LogP contribution in [0.15, 0.2) is 121 Å². The molecule has 0 amide bonds. The number of benzene rings is 4. The maximum atomic E-state index is 13.4. The first-order valence-electron chi connectivity index (χ1n) is 9.55. The molecule has 0 bridgehead atoms. The number of Topliss-reactive ketones (excluding diaryl/α,β-unsaturated/α-hetero) is 1. The monoisotopic (exact) mass is 426 g/mol. The van der Waals surface area contributed by atoms with Crippen LogP contribution in [0.1, 0.15) is 10.4 Å². The average molecular weight is 426 g/mol. The molecule has 138 valence electrons. The minimum absolute atomic E-state index is 0.220. The number of rotatable bonds is 6. The third-order valence-electron chi connectivity index (χ3n) is 5.32. The molecule has 0 heterocycles. The van der Waals surface area contributed by atoms with Crippen LogP contribution in [0.3, 0.4) is 0 Å². The van der Waals surface area contributed by atoms with Crippen LogP contribution in [0.25, 0.3) is 0 Å². The maximum absolute atomic E-state index is 13.4. The zero-order chi connectivity index (χ0) is 19.2. The standard InChI is InChI=1S/C26H23AsO/c28-26(22-13-5-1-6-14-22)21-27(23-15-7-2-8-16-23,24-17-9-3-10-18-24)25-19-11-4-12-20-25/h1-20,27H,21H2. The van der Waals surface area contributed by atoms with Crippen LogP contribution in [0, 0.1) is 0 Å². The van der Waals surface area contributed by atoms with Gasteiger partial charge in [-0.1, -0.05) is 0 Å². The fourth-order valence-corrected chi connectivity index (χ4v) is 13.6. The van der Waals surface area contributed by atoms with Gasteiger partial charge < -0.3 is 0 Å². The van der Waals surface area contributed by atoms with Crippen molar-refractivity contribution in [2.24, 2.45) is 0 Å². The van der Waals surface area contributed by atoms with E-state index < -0.39 is 13.6 Å². The first-order valence-corrected chi connectivity index (χ1v) is 14.2. The molecule has 4 aromatic rings. The molecule has 0 spiro atoms. The molecule has 0 saturated heterocycles. The first-order chi connectivity index (χ1) is 13.8. The van der Waals surface area contributed by atoms with Gasteiger partial charge in [0.25, 0.3) is 0 Å². The fraction of sp³-hybridized carbons (Fsp3) is 0.0385. The van der Waals surface area contributed by atoms with E-state index in [4.69, 9.17) is 0 Å². The van der Waals surface area contributed by atoms with Gasteiger partial charge in [0.05, 0.1) is 0 Å². The van der Waals surface area contributed by atoms with Gasteiger partial charge in [-0.2, -0.15) is 0 Å². The number of carbonyl (C=O) groups excluding carboxylic acids is 1. The van der Waals surface area contributed by atoms with Crippen LogP contribution in [0.2, 0.25) is 5.21 Å². The molecule has 0 unspecified atom stereocenters. The Balaban J connectivity index is 1.95. The topological polar surface area (TPSA) is 17.1 Å². The van der Waals surface area contributed by atoms with Gasteiger partial charge >= 0.3 is 169 Å². The van der Waals surface area contributed by atoms with E-state index in [9.17, 15) is 4.79 Å². The van der Waals surface area contributed by atoms with Gasteiger partial charge in [-0.25, -0.2) is 0 Å². The number of carbonyl (C=O) groups is 1. The molecule has 0 atom stereocenters. The summed E-state index contributed by atoms with van der Waals surface area (Å²) in [4.78, 5) is 13.4. The van der Waals surface area contributed by atoms with Crippen molar-refractivity contribution < 1.29 is 4.79 Å². The SMILES string of the molecule is O=C(C[AsH](c1ccccc1)(c1ccccc1)c1ccccc1)c1ccccc1. The third kappa shape index (κ3) is 3.59. The molecule has 0 aromatic heterocycles. The Morgan fingerprint density at radius 2 is 0.821 bits per heavy atom. The van der Waals surface area contributed by atoms with Crippen LogP contribution in [0.4, 0.5) is 0 Å². The summed E-state index contributed by atoms with van der Waals surface area (Å²) in [5.74, 6) is 0.220. The van der Waals surface area contributed by atoms with Gasteiger partial charge in [0.1, 0.15) is 0 Å². The van der Waals surface area contributed by atoms with Crippen LogP contribution < -0.4 is 13.1 Å². The zero-order valence-corrected chi connectivity index (χ0v) is 17.8. The van der Waals surface area contributed by atoms with Crippen LogP contribution >= 0.6 is 0 Å². The van der Waals surface area contributed by atoms with E-state index in [0.29, 0.717) is 5.21 Å². The molecule has 2 heteroatoms. The Labute approximate surface area is 169 Å². The zero-order valence-electron chi connectivity index (χ0n) is 15.7. The van der Waals surface area contributed by atoms with Crippen molar-refractivity contribution in [3.05, 3.63) is 127 Å². The summed E-state index contributed by atoms with van der Waals surface area (Å²) in [6.45, 7) is 0. The van der Waals surface area contributed by atoms with E-state index >= 15 is 0 Å². The quantitative estimate of drug-likeness (QED) is 0.339. The predicted molar refractivity (Wildman–Crippen MR) is 121 cm³/mol. The summed E-state index contributed by atoms with van der Waals surface area (Å²) in [6, 6.07) is 41.6. The van der Waals surface area contributed by atoms with Crippen molar-refractivity contribution in [1.82, 2.24) is 0 Å². The van der Waals surface area contributed by atoms with Gasteiger partial charge in [0.15, 0.2) is 0 Å². The van der Waals surface area contributed by atoms with Crippen molar-refractivity contribution >= 4 is 32.4 Å². The summed E-state index contributed by atoms with van der Waals surface area (Å²) in [6.07, 6.45) is 0. The van der Waals surface area contributed by atoms with E-state index in [1.807, 2.05) is 48.5 Å². The van der Waals surface area contributed by atoms with Crippen molar-refractivity contribution in [3.63, 3.8) is 0 Å².